The van der Waals surface area contributed by atoms with Crippen LogP contribution >= 0.6 is 0 Å². The molecule has 0 radical (unpaired) electrons. The molecule has 25 heavy (non-hydrogen) atoms. The highest BCUT2D eigenvalue weighted by Crippen LogP contribution is 2.25. The summed E-state index contributed by atoms with van der Waals surface area (Å²) >= 11 is 0. The Morgan fingerprint density at radius 2 is 2.08 bits per heavy atom. The van der Waals surface area contributed by atoms with Crippen LogP contribution in [-0.4, -0.2) is 48.6 Å². The minimum Gasteiger partial charge on any atom is -0.338 e. The lowest BCUT2D eigenvalue weighted by molar-refractivity contribution is 0.0705. The van der Waals surface area contributed by atoms with E-state index >= 15 is 0 Å². The van der Waals surface area contributed by atoms with Gasteiger partial charge in [-0.2, -0.15) is 5.10 Å². The molecular formula is C18H18N6O. The van der Waals surface area contributed by atoms with E-state index in [2.05, 4.69) is 20.1 Å². The van der Waals surface area contributed by atoms with Crippen molar-refractivity contribution in [2.75, 3.05) is 13.1 Å². The van der Waals surface area contributed by atoms with E-state index in [1.54, 1.807) is 41.7 Å². The first-order valence-corrected chi connectivity index (χ1v) is 8.32. The predicted octanol–water partition coefficient (Wildman–Crippen LogP) is 2.08. The molecule has 1 fully saturated rings. The molecule has 1 aliphatic heterocycles. The molecule has 0 N–H and O–H groups in total. The molecule has 126 valence electrons. The maximum absolute atomic E-state index is 12.8. The molecule has 1 amide bonds. The molecular weight excluding hydrogens is 316 g/mol. The number of hydrogen-bond acceptors (Lipinski definition) is 5. The maximum atomic E-state index is 12.8. The van der Waals surface area contributed by atoms with Crippen LogP contribution in [0.25, 0.3) is 5.82 Å². The molecule has 4 heterocycles. The fraction of sp³-hybridized carbons (Fsp3) is 0.278. The Bertz CT molecular complexity index is 832. The summed E-state index contributed by atoms with van der Waals surface area (Å²) < 4.78 is 1.67. The Morgan fingerprint density at radius 1 is 1.12 bits per heavy atom. The van der Waals surface area contributed by atoms with Crippen LogP contribution in [0.5, 0.6) is 0 Å². The number of amides is 1. The van der Waals surface area contributed by atoms with Crippen LogP contribution in [0, 0.1) is 0 Å². The van der Waals surface area contributed by atoms with Crippen molar-refractivity contribution in [3.63, 3.8) is 0 Å². The summed E-state index contributed by atoms with van der Waals surface area (Å²) in [4.78, 5) is 27.6. The average molecular weight is 334 g/mol. The molecule has 0 aliphatic carbocycles. The summed E-state index contributed by atoms with van der Waals surface area (Å²) in [6, 6.07) is 5.45. The molecule has 1 aliphatic rings. The van der Waals surface area contributed by atoms with E-state index in [-0.39, 0.29) is 11.8 Å². The Kier molecular flexibility index (Phi) is 4.20. The fourth-order valence-corrected chi connectivity index (χ4v) is 3.16. The van der Waals surface area contributed by atoms with Gasteiger partial charge in [0.2, 0.25) is 0 Å². The zero-order chi connectivity index (χ0) is 17.1. The van der Waals surface area contributed by atoms with Crippen LogP contribution in [0.15, 0.2) is 55.4 Å². The zero-order valence-corrected chi connectivity index (χ0v) is 13.7. The summed E-state index contributed by atoms with van der Waals surface area (Å²) in [6.45, 7) is 1.43. The molecule has 3 aromatic heterocycles. The normalized spacial score (nSPS) is 17.4. The highest BCUT2D eigenvalue weighted by atomic mass is 16.2. The van der Waals surface area contributed by atoms with Crippen molar-refractivity contribution in [3.05, 3.63) is 66.6 Å². The van der Waals surface area contributed by atoms with Crippen molar-refractivity contribution in [2.45, 2.75) is 18.8 Å². The Labute approximate surface area is 145 Å². The van der Waals surface area contributed by atoms with Crippen LogP contribution < -0.4 is 0 Å². The first kappa shape index (κ1) is 15.4. The molecule has 0 spiro atoms. The Balaban J connectivity index is 1.48. The maximum Gasteiger partial charge on any atom is 0.255 e. The van der Waals surface area contributed by atoms with Crippen LogP contribution in [0.2, 0.25) is 0 Å². The highest BCUT2D eigenvalue weighted by molar-refractivity contribution is 5.94. The first-order valence-electron chi connectivity index (χ1n) is 8.32. The van der Waals surface area contributed by atoms with Crippen LogP contribution in [0.3, 0.4) is 0 Å². The van der Waals surface area contributed by atoms with Crippen molar-refractivity contribution >= 4 is 5.91 Å². The number of nitrogens with zero attached hydrogens (tertiary/aromatic N) is 6. The number of piperidine rings is 1. The van der Waals surface area contributed by atoms with E-state index < -0.39 is 0 Å². The second-order valence-corrected chi connectivity index (χ2v) is 6.08. The van der Waals surface area contributed by atoms with Gasteiger partial charge in [0.25, 0.3) is 5.91 Å². The minimum atomic E-state index is 0.00751. The quantitative estimate of drug-likeness (QED) is 0.733. The van der Waals surface area contributed by atoms with Gasteiger partial charge >= 0.3 is 0 Å². The second-order valence-electron chi connectivity index (χ2n) is 6.08. The Morgan fingerprint density at radius 3 is 2.80 bits per heavy atom. The SMILES string of the molecule is O=C(c1ccc(-n2cccn2)nc1)N1CCC[C@@H](c2cnccn2)C1. The van der Waals surface area contributed by atoms with Crippen molar-refractivity contribution in [1.82, 2.24) is 29.6 Å². The standard InChI is InChI=1S/C18H18N6O/c25-18(14-4-5-17(21-11-14)24-10-2-6-22-24)23-9-1-3-15(13-23)16-12-19-7-8-20-16/h2,4-8,10-12,15H,1,3,9,13H2/t15-/m1/s1. The smallest absolute Gasteiger partial charge is 0.255 e. The number of carbonyl (C=O) groups is 1. The van der Waals surface area contributed by atoms with Crippen LogP contribution in [0.1, 0.15) is 34.8 Å². The third-order valence-electron chi connectivity index (χ3n) is 4.44. The van der Waals surface area contributed by atoms with Gasteiger partial charge in [0.1, 0.15) is 0 Å². The monoisotopic (exact) mass is 334 g/mol. The third-order valence-corrected chi connectivity index (χ3v) is 4.44. The van der Waals surface area contributed by atoms with Crippen molar-refractivity contribution < 1.29 is 4.79 Å². The number of likely N-dealkylation sites (tertiary alicyclic amines) is 1. The third kappa shape index (κ3) is 3.26. The van der Waals surface area contributed by atoms with E-state index in [0.717, 1.165) is 25.1 Å². The molecule has 3 aromatic rings. The number of pyridine rings is 1. The van der Waals surface area contributed by atoms with Crippen molar-refractivity contribution in [1.29, 1.82) is 0 Å². The van der Waals surface area contributed by atoms with Gasteiger partial charge < -0.3 is 4.90 Å². The molecule has 0 aromatic carbocycles. The molecule has 4 rings (SSSR count). The molecule has 7 nitrogen and oxygen atoms in total. The largest absolute Gasteiger partial charge is 0.338 e. The van der Waals surface area contributed by atoms with Gasteiger partial charge in [-0.05, 0) is 31.0 Å². The highest BCUT2D eigenvalue weighted by Gasteiger charge is 2.26. The van der Waals surface area contributed by atoms with E-state index in [0.29, 0.717) is 17.9 Å². The van der Waals surface area contributed by atoms with Gasteiger partial charge in [0, 0.05) is 56.2 Å². The number of aromatic nitrogens is 5. The van der Waals surface area contributed by atoms with Gasteiger partial charge in [-0.3, -0.25) is 14.8 Å². The minimum absolute atomic E-state index is 0.00751. The predicted molar refractivity (Wildman–Crippen MR) is 91.3 cm³/mol. The van der Waals surface area contributed by atoms with Crippen LogP contribution in [-0.2, 0) is 0 Å². The van der Waals surface area contributed by atoms with Crippen molar-refractivity contribution in [2.24, 2.45) is 0 Å². The van der Waals surface area contributed by atoms with Gasteiger partial charge in [-0.1, -0.05) is 0 Å². The summed E-state index contributed by atoms with van der Waals surface area (Å²) in [5.41, 5.74) is 1.54. The van der Waals surface area contributed by atoms with E-state index in [1.165, 1.54) is 0 Å². The topological polar surface area (TPSA) is 76.8 Å². The summed E-state index contributed by atoms with van der Waals surface area (Å²) in [6.07, 6.45) is 12.3. The number of hydrogen-bond donors (Lipinski definition) is 0. The zero-order valence-electron chi connectivity index (χ0n) is 13.7. The summed E-state index contributed by atoms with van der Waals surface area (Å²) in [7, 11) is 0. The van der Waals surface area contributed by atoms with Crippen molar-refractivity contribution in [3.8, 4) is 5.82 Å². The van der Waals surface area contributed by atoms with E-state index in [4.69, 9.17) is 0 Å². The molecule has 0 unspecified atom stereocenters. The van der Waals surface area contributed by atoms with E-state index in [1.807, 2.05) is 23.2 Å². The van der Waals surface area contributed by atoms with Crippen LogP contribution in [0.4, 0.5) is 0 Å². The van der Waals surface area contributed by atoms with Gasteiger partial charge in [-0.25, -0.2) is 9.67 Å². The number of rotatable bonds is 3. The van der Waals surface area contributed by atoms with Gasteiger partial charge in [-0.15, -0.1) is 0 Å². The second kappa shape index (κ2) is 6.80. The molecule has 1 atom stereocenters. The van der Waals surface area contributed by atoms with Gasteiger partial charge in [0.15, 0.2) is 5.82 Å². The fourth-order valence-electron chi connectivity index (χ4n) is 3.16. The average Bonchev–Trinajstić information content (AvgIpc) is 3.23. The lowest BCUT2D eigenvalue weighted by atomic mass is 9.94. The first-order chi connectivity index (χ1) is 12.3. The van der Waals surface area contributed by atoms with Gasteiger partial charge in [0.05, 0.1) is 11.3 Å². The Hall–Kier alpha value is -3.09. The lowest BCUT2D eigenvalue weighted by Crippen LogP contribution is -2.39. The molecule has 0 bridgehead atoms. The molecule has 0 saturated carbocycles. The summed E-state index contributed by atoms with van der Waals surface area (Å²) in [5.74, 6) is 0.938. The van der Waals surface area contributed by atoms with E-state index in [9.17, 15) is 4.79 Å². The molecule has 1 saturated heterocycles. The lowest BCUT2D eigenvalue weighted by Gasteiger charge is -2.32. The molecule has 7 heteroatoms. The number of carbonyl (C=O) groups excluding carboxylic acids is 1. The summed E-state index contributed by atoms with van der Waals surface area (Å²) in [5, 5.41) is 4.14.